The molecule has 8 nitrogen and oxygen atoms in total. The van der Waals surface area contributed by atoms with E-state index in [2.05, 4.69) is 5.32 Å². The maximum Gasteiger partial charge on any atom is 0.255 e. The Morgan fingerprint density at radius 3 is 2.26 bits per heavy atom. The third kappa shape index (κ3) is 5.72. The third-order valence-electron chi connectivity index (χ3n) is 6.47. The van der Waals surface area contributed by atoms with Gasteiger partial charge >= 0.3 is 0 Å². The number of thioether (sulfide) groups is 1. The molecule has 0 aromatic heterocycles. The molecule has 1 aromatic carbocycles. The second-order valence-electron chi connectivity index (χ2n) is 11.7. The Labute approximate surface area is 211 Å². The number of hydrogen-bond acceptors (Lipinski definition) is 6. The molecule has 3 rings (SSSR count). The largest absolute Gasteiger partial charge is 0.381 e. The van der Waals surface area contributed by atoms with Crippen molar-refractivity contribution >= 4 is 35.4 Å². The lowest BCUT2D eigenvalue weighted by atomic mass is 9.91. The van der Waals surface area contributed by atoms with E-state index in [0.717, 1.165) is 10.5 Å². The summed E-state index contributed by atoms with van der Waals surface area (Å²) in [5.41, 5.74) is -0.619. The van der Waals surface area contributed by atoms with Gasteiger partial charge in [0, 0.05) is 16.7 Å². The number of amides is 4. The molecule has 1 aromatic rings. The van der Waals surface area contributed by atoms with Gasteiger partial charge in [0.1, 0.15) is 6.04 Å². The average Bonchev–Trinajstić information content (AvgIpc) is 3.16. The van der Waals surface area contributed by atoms with Gasteiger partial charge in [0.25, 0.3) is 5.91 Å². The van der Waals surface area contributed by atoms with Crippen molar-refractivity contribution < 1.29 is 24.3 Å². The summed E-state index contributed by atoms with van der Waals surface area (Å²) in [6.07, 6.45) is -1.53. The van der Waals surface area contributed by atoms with Crippen molar-refractivity contribution in [2.45, 2.75) is 89.8 Å². The summed E-state index contributed by atoms with van der Waals surface area (Å²) in [6.45, 7) is 12.8. The Hall–Kier alpha value is -2.39. The molecule has 0 saturated carbocycles. The molecular formula is C26H37N3O5S. The maximum atomic E-state index is 13.7. The smallest absolute Gasteiger partial charge is 0.255 e. The monoisotopic (exact) mass is 503 g/mol. The SMILES string of the molecule is CC(C)(C)NC(=O)[C@H]1N(C(=O)[C@@H](O)[C@H](Cc2ccccc2)N2C(=O)CC(C)(C)C2=O)CSC1(C)C. The van der Waals surface area contributed by atoms with Crippen LogP contribution in [0.25, 0.3) is 0 Å². The van der Waals surface area contributed by atoms with E-state index in [1.54, 1.807) is 13.8 Å². The zero-order valence-electron chi connectivity index (χ0n) is 21.6. The number of hydrogen-bond donors (Lipinski definition) is 2. The summed E-state index contributed by atoms with van der Waals surface area (Å²) in [5, 5.41) is 14.3. The van der Waals surface area contributed by atoms with Gasteiger partial charge in [-0.25, -0.2) is 0 Å². The number of nitrogens with one attached hydrogen (secondary N) is 1. The Morgan fingerprint density at radius 1 is 1.14 bits per heavy atom. The topological polar surface area (TPSA) is 107 Å². The van der Waals surface area contributed by atoms with E-state index in [-0.39, 0.29) is 24.6 Å². The highest BCUT2D eigenvalue weighted by atomic mass is 32.2. The molecule has 0 bridgehead atoms. The van der Waals surface area contributed by atoms with Crippen molar-refractivity contribution in [3.05, 3.63) is 35.9 Å². The van der Waals surface area contributed by atoms with Crippen LogP contribution in [-0.2, 0) is 25.6 Å². The number of carbonyl (C=O) groups excluding carboxylic acids is 4. The molecule has 2 aliphatic rings. The van der Waals surface area contributed by atoms with E-state index < -0.39 is 51.6 Å². The quantitative estimate of drug-likeness (QED) is 0.577. The highest BCUT2D eigenvalue weighted by molar-refractivity contribution is 8.00. The van der Waals surface area contributed by atoms with Gasteiger partial charge in [-0.1, -0.05) is 44.2 Å². The Morgan fingerprint density at radius 2 is 1.74 bits per heavy atom. The normalized spacial score (nSPS) is 23.4. The average molecular weight is 504 g/mol. The van der Waals surface area contributed by atoms with E-state index in [0.29, 0.717) is 0 Å². The van der Waals surface area contributed by atoms with Gasteiger partial charge in [-0.05, 0) is 46.6 Å². The van der Waals surface area contributed by atoms with Gasteiger partial charge in [0.15, 0.2) is 6.10 Å². The van der Waals surface area contributed by atoms with E-state index >= 15 is 0 Å². The van der Waals surface area contributed by atoms with Crippen molar-refractivity contribution in [2.75, 3.05) is 5.88 Å². The Bertz CT molecular complexity index is 1000. The minimum Gasteiger partial charge on any atom is -0.381 e. The van der Waals surface area contributed by atoms with Gasteiger partial charge in [0.05, 0.1) is 17.3 Å². The maximum absolute atomic E-state index is 13.7. The summed E-state index contributed by atoms with van der Waals surface area (Å²) < 4.78 is -0.582. The lowest BCUT2D eigenvalue weighted by Crippen LogP contribution is -2.61. The molecule has 192 valence electrons. The molecule has 2 N–H and O–H groups in total. The number of benzene rings is 1. The predicted molar refractivity (Wildman–Crippen MR) is 135 cm³/mol. The molecule has 0 spiro atoms. The van der Waals surface area contributed by atoms with Crippen LogP contribution in [0.4, 0.5) is 0 Å². The van der Waals surface area contributed by atoms with Gasteiger partial charge in [-0.2, -0.15) is 0 Å². The number of imide groups is 1. The summed E-state index contributed by atoms with van der Waals surface area (Å²) in [6, 6.07) is 7.26. The fourth-order valence-corrected chi connectivity index (χ4v) is 5.84. The molecule has 2 aliphatic heterocycles. The van der Waals surface area contributed by atoms with Crippen LogP contribution in [0.5, 0.6) is 0 Å². The van der Waals surface area contributed by atoms with Crippen molar-refractivity contribution in [2.24, 2.45) is 5.41 Å². The molecule has 0 aliphatic carbocycles. The van der Waals surface area contributed by atoms with Crippen molar-refractivity contribution in [1.82, 2.24) is 15.1 Å². The second kappa shape index (κ2) is 9.58. The number of nitrogens with zero attached hydrogens (tertiary/aromatic N) is 2. The zero-order valence-corrected chi connectivity index (χ0v) is 22.4. The Kier molecular flexibility index (Phi) is 7.44. The van der Waals surface area contributed by atoms with E-state index in [9.17, 15) is 24.3 Å². The molecular weight excluding hydrogens is 466 g/mol. The molecule has 0 radical (unpaired) electrons. The molecule has 2 saturated heterocycles. The number of aliphatic hydroxyl groups is 1. The molecule has 35 heavy (non-hydrogen) atoms. The molecule has 9 heteroatoms. The van der Waals surface area contributed by atoms with Crippen LogP contribution in [0.2, 0.25) is 0 Å². The molecule has 2 fully saturated rings. The van der Waals surface area contributed by atoms with Crippen LogP contribution in [0.15, 0.2) is 30.3 Å². The summed E-state index contributed by atoms with van der Waals surface area (Å²) in [7, 11) is 0. The van der Waals surface area contributed by atoms with Crippen molar-refractivity contribution in [3.63, 3.8) is 0 Å². The second-order valence-corrected chi connectivity index (χ2v) is 13.3. The summed E-state index contributed by atoms with van der Waals surface area (Å²) >= 11 is 1.45. The fourth-order valence-electron chi connectivity index (χ4n) is 4.70. The van der Waals surface area contributed by atoms with Crippen LogP contribution in [0.3, 0.4) is 0 Å². The lowest BCUT2D eigenvalue weighted by molar-refractivity contribution is -0.155. The van der Waals surface area contributed by atoms with E-state index in [4.69, 9.17) is 0 Å². The van der Waals surface area contributed by atoms with Crippen LogP contribution in [0.1, 0.15) is 60.5 Å². The number of likely N-dealkylation sites (tertiary alicyclic amines) is 1. The molecule has 4 amide bonds. The minimum absolute atomic E-state index is 0.0151. The van der Waals surface area contributed by atoms with Crippen LogP contribution in [-0.4, -0.2) is 72.9 Å². The van der Waals surface area contributed by atoms with Crippen LogP contribution >= 0.6 is 11.8 Å². The standard InChI is InChI=1S/C26H37N3O5S/c1-24(2,3)27-21(32)20-26(6,7)35-15-28(20)22(33)19(31)17(13-16-11-9-8-10-12-16)29-18(30)14-25(4,5)23(29)34/h8-12,17,19-20,31H,13-15H2,1-7H3,(H,27,32)/t17-,19-,20+/m0/s1. The number of aliphatic hydroxyl groups excluding tert-OH is 1. The number of carbonyl (C=O) groups is 4. The Balaban J connectivity index is 1.95. The van der Waals surface area contributed by atoms with Crippen LogP contribution in [0, 0.1) is 5.41 Å². The first kappa shape index (κ1) is 27.2. The van der Waals surface area contributed by atoms with Crippen LogP contribution < -0.4 is 5.32 Å². The zero-order chi connectivity index (χ0) is 26.3. The lowest BCUT2D eigenvalue weighted by Gasteiger charge is -2.36. The summed E-state index contributed by atoms with van der Waals surface area (Å²) in [5.74, 6) is -1.57. The van der Waals surface area contributed by atoms with E-state index in [1.165, 1.54) is 16.7 Å². The summed E-state index contributed by atoms with van der Waals surface area (Å²) in [4.78, 5) is 55.4. The van der Waals surface area contributed by atoms with Crippen molar-refractivity contribution in [1.29, 1.82) is 0 Å². The van der Waals surface area contributed by atoms with Gasteiger partial charge in [-0.15, -0.1) is 11.8 Å². The molecule has 0 unspecified atom stereocenters. The predicted octanol–water partition coefficient (Wildman–Crippen LogP) is 2.34. The fraction of sp³-hybridized carbons (Fsp3) is 0.615. The highest BCUT2D eigenvalue weighted by Gasteiger charge is 2.53. The molecule has 2 heterocycles. The first-order chi connectivity index (χ1) is 16.0. The van der Waals surface area contributed by atoms with Gasteiger partial charge in [0.2, 0.25) is 17.7 Å². The molecule has 3 atom stereocenters. The van der Waals surface area contributed by atoms with Gasteiger partial charge < -0.3 is 15.3 Å². The first-order valence-corrected chi connectivity index (χ1v) is 12.9. The highest BCUT2D eigenvalue weighted by Crippen LogP contribution is 2.41. The van der Waals surface area contributed by atoms with Crippen molar-refractivity contribution in [3.8, 4) is 0 Å². The number of rotatable bonds is 6. The third-order valence-corrected chi connectivity index (χ3v) is 7.85. The van der Waals surface area contributed by atoms with E-state index in [1.807, 2.05) is 65.0 Å². The minimum atomic E-state index is -1.67. The first-order valence-electron chi connectivity index (χ1n) is 11.9. The van der Waals surface area contributed by atoms with Gasteiger partial charge in [-0.3, -0.25) is 24.1 Å².